The van der Waals surface area contributed by atoms with Crippen molar-refractivity contribution < 1.29 is 26.9 Å². The third-order valence-corrected chi connectivity index (χ3v) is 4.85. The highest BCUT2D eigenvalue weighted by molar-refractivity contribution is 6.05. The molecule has 2 unspecified atom stereocenters. The molecule has 2 amide bonds. The molecule has 3 aliphatic rings. The van der Waals surface area contributed by atoms with Crippen LogP contribution >= 0.6 is 0 Å². The Balaban J connectivity index is 0.00000147. The summed E-state index contributed by atoms with van der Waals surface area (Å²) in [5, 5.41) is 0. The molecule has 3 rings (SSSR count). The minimum atomic E-state index is -0.0612. The monoisotopic (exact) mass is 298 g/mol. The average molecular weight is 299 g/mol. The quantitative estimate of drug-likeness (QED) is 0.446. The lowest BCUT2D eigenvalue weighted by Gasteiger charge is -2.25. The number of amides is 2. The molecule has 2 heterocycles. The van der Waals surface area contributed by atoms with Crippen molar-refractivity contribution in [2.75, 3.05) is 26.2 Å². The molecule has 1 aliphatic carbocycles. The van der Waals surface area contributed by atoms with Crippen molar-refractivity contribution in [3.8, 4) is 0 Å². The maximum Gasteiger partial charge on any atom is 0.233 e. The number of nitrogens with one attached hydrogen (secondary N) is 1. The van der Waals surface area contributed by atoms with E-state index in [1.807, 2.05) is 12.2 Å². The first-order valence-electron chi connectivity index (χ1n) is 7.61. The number of hydrogen-bond acceptors (Lipinski definition) is 2. The van der Waals surface area contributed by atoms with E-state index in [1.165, 1.54) is 32.4 Å². The number of imide groups is 1. The van der Waals surface area contributed by atoms with Crippen molar-refractivity contribution in [2.24, 2.45) is 11.8 Å². The summed E-state index contributed by atoms with van der Waals surface area (Å²) >= 11 is 0. The number of allylic oxidation sites excluding steroid dienone is 2. The molecule has 0 spiro atoms. The van der Waals surface area contributed by atoms with E-state index < -0.39 is 0 Å². The molecule has 0 bridgehead atoms. The highest BCUT2D eigenvalue weighted by Crippen LogP contribution is 2.34. The molecular weight excluding hydrogens is 276 g/mol. The second-order valence-electron chi connectivity index (χ2n) is 6.04. The fourth-order valence-corrected chi connectivity index (χ4v) is 3.66. The zero-order chi connectivity index (χ0) is 13.2. The summed E-state index contributed by atoms with van der Waals surface area (Å²) < 4.78 is 0. The van der Waals surface area contributed by atoms with Crippen LogP contribution in [0.15, 0.2) is 12.2 Å². The molecule has 5 heteroatoms. The van der Waals surface area contributed by atoms with Gasteiger partial charge in [-0.3, -0.25) is 14.5 Å². The molecule has 2 saturated heterocycles. The van der Waals surface area contributed by atoms with Gasteiger partial charge in [-0.1, -0.05) is 12.2 Å². The van der Waals surface area contributed by atoms with E-state index in [-0.39, 0.29) is 36.1 Å². The van der Waals surface area contributed by atoms with Crippen LogP contribution in [0.25, 0.3) is 0 Å². The summed E-state index contributed by atoms with van der Waals surface area (Å²) in [6, 6.07) is 0. The number of rotatable bonds is 3. The molecule has 0 aromatic rings. The van der Waals surface area contributed by atoms with Crippen molar-refractivity contribution in [1.82, 2.24) is 4.90 Å². The van der Waals surface area contributed by atoms with E-state index in [0.29, 0.717) is 6.54 Å². The van der Waals surface area contributed by atoms with Crippen molar-refractivity contribution in [3.05, 3.63) is 12.2 Å². The van der Waals surface area contributed by atoms with Crippen LogP contribution in [0.4, 0.5) is 0 Å². The zero-order valence-electron chi connectivity index (χ0n) is 11.8. The van der Waals surface area contributed by atoms with Crippen molar-refractivity contribution in [1.29, 1.82) is 0 Å². The first-order chi connectivity index (χ1) is 9.27. The number of carbonyl (C=O) groups is 2. The molecule has 4 nitrogen and oxygen atoms in total. The number of quaternary nitrogens is 1. The van der Waals surface area contributed by atoms with Gasteiger partial charge in [0.15, 0.2) is 0 Å². The molecule has 2 fully saturated rings. The predicted octanol–water partition coefficient (Wildman–Crippen LogP) is -2.99. The van der Waals surface area contributed by atoms with E-state index in [2.05, 4.69) is 0 Å². The van der Waals surface area contributed by atoms with E-state index in [9.17, 15) is 9.59 Å². The molecule has 0 radical (unpaired) electrons. The van der Waals surface area contributed by atoms with Gasteiger partial charge < -0.3 is 17.3 Å². The highest BCUT2D eigenvalue weighted by Gasteiger charge is 2.47. The summed E-state index contributed by atoms with van der Waals surface area (Å²) in [6.07, 6.45) is 9.50. The van der Waals surface area contributed by atoms with Crippen LogP contribution in [0.1, 0.15) is 32.1 Å². The van der Waals surface area contributed by atoms with E-state index in [0.717, 1.165) is 19.4 Å². The van der Waals surface area contributed by atoms with Crippen LogP contribution in [0.2, 0.25) is 0 Å². The Labute approximate surface area is 126 Å². The normalized spacial score (nSPS) is 30.3. The predicted molar refractivity (Wildman–Crippen MR) is 71.5 cm³/mol. The molecule has 1 N–H and O–H groups in total. The van der Waals surface area contributed by atoms with Gasteiger partial charge in [0.2, 0.25) is 11.8 Å². The Bertz CT molecular complexity index is 379. The lowest BCUT2D eigenvalue weighted by Crippen LogP contribution is -3.13. The molecular formula is C15H23ClN2O2. The third-order valence-electron chi connectivity index (χ3n) is 4.85. The lowest BCUT2D eigenvalue weighted by molar-refractivity contribution is -0.904. The molecule has 2 atom stereocenters. The van der Waals surface area contributed by atoms with E-state index in [1.54, 1.807) is 9.80 Å². The van der Waals surface area contributed by atoms with Gasteiger partial charge in [0.25, 0.3) is 0 Å². The van der Waals surface area contributed by atoms with Gasteiger partial charge in [-0.25, -0.2) is 0 Å². The number of halogens is 1. The first kappa shape index (κ1) is 15.5. The van der Waals surface area contributed by atoms with E-state index in [4.69, 9.17) is 0 Å². The van der Waals surface area contributed by atoms with Crippen molar-refractivity contribution in [2.45, 2.75) is 32.1 Å². The van der Waals surface area contributed by atoms with Crippen LogP contribution in [0.5, 0.6) is 0 Å². The Morgan fingerprint density at radius 1 is 1.00 bits per heavy atom. The first-order valence-corrected chi connectivity index (χ1v) is 7.61. The second-order valence-corrected chi connectivity index (χ2v) is 6.04. The summed E-state index contributed by atoms with van der Waals surface area (Å²) in [4.78, 5) is 27.7. The number of likely N-dealkylation sites (tertiary alicyclic amines) is 2. The second kappa shape index (κ2) is 6.72. The van der Waals surface area contributed by atoms with Gasteiger partial charge in [-0.05, 0) is 32.1 Å². The number of nitrogens with zero attached hydrogens (tertiary/aromatic N) is 1. The zero-order valence-corrected chi connectivity index (χ0v) is 12.6. The van der Waals surface area contributed by atoms with Gasteiger partial charge in [0.05, 0.1) is 38.0 Å². The fraction of sp³-hybridized carbons (Fsp3) is 0.733. The van der Waals surface area contributed by atoms with Crippen molar-refractivity contribution >= 4 is 11.8 Å². The number of fused-ring (bicyclic) bond motifs is 1. The summed E-state index contributed by atoms with van der Waals surface area (Å²) in [5.74, 6) is 0.0363. The lowest BCUT2D eigenvalue weighted by atomic mass is 9.85. The topological polar surface area (TPSA) is 41.8 Å². The van der Waals surface area contributed by atoms with Gasteiger partial charge in [0.1, 0.15) is 0 Å². The van der Waals surface area contributed by atoms with Crippen LogP contribution < -0.4 is 17.3 Å². The molecule has 20 heavy (non-hydrogen) atoms. The number of hydrogen-bond donors (Lipinski definition) is 1. The van der Waals surface area contributed by atoms with Gasteiger partial charge in [0, 0.05) is 0 Å². The summed E-state index contributed by atoms with van der Waals surface area (Å²) in [5.41, 5.74) is 0. The Kier molecular flexibility index (Phi) is 5.22. The summed E-state index contributed by atoms with van der Waals surface area (Å²) in [7, 11) is 0. The standard InChI is InChI=1S/C15H22N2O2.ClH/c18-14-12-6-2-3-7-13(12)15(19)17(14)11-10-16-8-4-1-5-9-16;/h2-3,12-13H,1,4-11H2;1H. The smallest absolute Gasteiger partial charge is 0.233 e. The SMILES string of the molecule is O=C1C2CC=CCC2C(=O)N1CC[NH+]1CCCCC1.[Cl-]. The molecule has 112 valence electrons. The number of piperidine rings is 1. The Hall–Kier alpha value is -0.870. The van der Waals surface area contributed by atoms with Crippen LogP contribution in [0, 0.1) is 11.8 Å². The maximum atomic E-state index is 12.3. The minimum Gasteiger partial charge on any atom is -1.00 e. The molecule has 0 saturated carbocycles. The van der Waals surface area contributed by atoms with Crippen LogP contribution in [-0.4, -0.2) is 42.9 Å². The largest absolute Gasteiger partial charge is 1.00 e. The van der Waals surface area contributed by atoms with Gasteiger partial charge in [-0.2, -0.15) is 0 Å². The molecule has 0 aromatic heterocycles. The Morgan fingerprint density at radius 2 is 1.55 bits per heavy atom. The molecule has 2 aliphatic heterocycles. The number of carbonyl (C=O) groups excluding carboxylic acids is 2. The van der Waals surface area contributed by atoms with Gasteiger partial charge >= 0.3 is 0 Å². The van der Waals surface area contributed by atoms with Crippen LogP contribution in [-0.2, 0) is 9.59 Å². The average Bonchev–Trinajstić information content (AvgIpc) is 2.71. The Morgan fingerprint density at radius 3 is 2.10 bits per heavy atom. The van der Waals surface area contributed by atoms with E-state index >= 15 is 0 Å². The molecule has 0 aromatic carbocycles. The maximum absolute atomic E-state index is 12.3. The van der Waals surface area contributed by atoms with Crippen LogP contribution in [0.3, 0.4) is 0 Å². The van der Waals surface area contributed by atoms with Gasteiger partial charge in [-0.15, -0.1) is 0 Å². The van der Waals surface area contributed by atoms with Crippen molar-refractivity contribution in [3.63, 3.8) is 0 Å². The third kappa shape index (κ3) is 2.91. The minimum absolute atomic E-state index is 0. The highest BCUT2D eigenvalue weighted by atomic mass is 35.5. The fourth-order valence-electron chi connectivity index (χ4n) is 3.66. The summed E-state index contributed by atoms with van der Waals surface area (Å²) in [6.45, 7) is 3.96.